The highest BCUT2D eigenvalue weighted by molar-refractivity contribution is 5.48. The quantitative estimate of drug-likeness (QED) is 0.142. The molecule has 2 saturated carbocycles. The maximum absolute atomic E-state index is 4.50. The Labute approximate surface area is 267 Å². The van der Waals surface area contributed by atoms with Gasteiger partial charge in [0.25, 0.3) is 0 Å². The molecule has 1 heteroatoms. The normalized spacial score (nSPS) is 23.2. The molecule has 1 N–H and O–H groups in total. The van der Waals surface area contributed by atoms with Crippen molar-refractivity contribution in [3.05, 3.63) is 108 Å². The van der Waals surface area contributed by atoms with Gasteiger partial charge in [-0.2, -0.15) is 0 Å². The summed E-state index contributed by atoms with van der Waals surface area (Å²) in [4.78, 5) is 0. The van der Waals surface area contributed by atoms with Crippen LogP contribution in [0.1, 0.15) is 141 Å². The molecule has 0 aliphatic heterocycles. The topological polar surface area (TPSA) is 12.0 Å². The Kier molecular flexibility index (Phi) is 19.0. The summed E-state index contributed by atoms with van der Waals surface area (Å²) in [6, 6.07) is 11.4. The summed E-state index contributed by atoms with van der Waals surface area (Å²) in [7, 11) is 2.06. The van der Waals surface area contributed by atoms with E-state index in [4.69, 9.17) is 0 Å². The second-order valence-electron chi connectivity index (χ2n) is 12.6. The number of likely N-dealkylation sites (N-methyl/N-ethyl adjacent to an activating group) is 1. The molecule has 2 aliphatic carbocycles. The lowest BCUT2D eigenvalue weighted by Crippen LogP contribution is -2.33. The van der Waals surface area contributed by atoms with Crippen molar-refractivity contribution in [3.8, 4) is 0 Å². The maximum Gasteiger partial charge on any atom is 0.0539 e. The molecule has 1 atom stereocenters. The summed E-state index contributed by atoms with van der Waals surface area (Å²) in [6.45, 7) is 19.0. The number of nitrogens with one attached hydrogen (secondary N) is 1. The first-order valence-electron chi connectivity index (χ1n) is 17.8. The van der Waals surface area contributed by atoms with Crippen LogP contribution in [-0.4, -0.2) is 13.1 Å². The van der Waals surface area contributed by atoms with E-state index < -0.39 is 0 Å². The van der Waals surface area contributed by atoms with E-state index in [1.807, 2.05) is 19.9 Å². The molecule has 2 aliphatic rings. The van der Waals surface area contributed by atoms with Gasteiger partial charge in [0.2, 0.25) is 0 Å². The molecule has 0 saturated heterocycles. The van der Waals surface area contributed by atoms with E-state index in [1.165, 1.54) is 123 Å². The molecular formula is C42H65N. The van der Waals surface area contributed by atoms with Crippen LogP contribution in [-0.2, 0) is 0 Å². The number of rotatable bonds is 17. The monoisotopic (exact) mass is 584 g/mol. The molecule has 238 valence electrons. The molecule has 0 heterocycles. The van der Waals surface area contributed by atoms with Crippen molar-refractivity contribution in [3.63, 3.8) is 0 Å². The molecule has 0 aromatic heterocycles. The minimum absolute atomic E-state index is 0.280. The number of hydrogen-bond donors (Lipinski definition) is 1. The summed E-state index contributed by atoms with van der Waals surface area (Å²) in [5, 5.41) is 3.52. The second kappa shape index (κ2) is 22.2. The van der Waals surface area contributed by atoms with Crippen LogP contribution in [0.5, 0.6) is 0 Å². The van der Waals surface area contributed by atoms with Crippen LogP contribution in [0.2, 0.25) is 0 Å². The molecular weight excluding hydrogens is 518 g/mol. The zero-order valence-electron chi connectivity index (χ0n) is 28.6. The number of unbranched alkanes of at least 4 members (excludes halogenated alkanes) is 8. The van der Waals surface area contributed by atoms with E-state index in [9.17, 15) is 0 Å². The van der Waals surface area contributed by atoms with Crippen molar-refractivity contribution in [1.82, 2.24) is 5.32 Å². The van der Waals surface area contributed by atoms with Crippen molar-refractivity contribution < 1.29 is 0 Å². The van der Waals surface area contributed by atoms with E-state index in [0.29, 0.717) is 0 Å². The standard InChI is InChI=1S/C40H59N.C2H6/c1-6-20-39-34(7-2)25-30-38(40(39)41-5)31-32(3)21-16-13-11-9-8-10-12-14-17-22-33(4)35-26-28-37(29-27-35)36-23-18-15-19-24-36;1-2/h6-7,15,18-20,23-24,31,35,37,40-41H,1,3-4,8-14,16-17,21-22,25-30H2,2,5H3;1-2H3/b34-7-,38-31-,39-20+;. The summed E-state index contributed by atoms with van der Waals surface area (Å²) in [6.07, 6.45) is 30.9. The third kappa shape index (κ3) is 13.0. The van der Waals surface area contributed by atoms with Crippen LogP contribution in [0.25, 0.3) is 0 Å². The van der Waals surface area contributed by atoms with Gasteiger partial charge in [0.1, 0.15) is 0 Å². The molecule has 3 rings (SSSR count). The van der Waals surface area contributed by atoms with Gasteiger partial charge in [-0.1, -0.05) is 144 Å². The van der Waals surface area contributed by atoms with Crippen LogP contribution >= 0.6 is 0 Å². The van der Waals surface area contributed by atoms with Crippen LogP contribution < -0.4 is 5.32 Å². The number of hydrogen-bond acceptors (Lipinski definition) is 1. The summed E-state index contributed by atoms with van der Waals surface area (Å²) in [5.74, 6) is 1.54. The van der Waals surface area contributed by atoms with Gasteiger partial charge in [0, 0.05) is 0 Å². The minimum atomic E-state index is 0.280. The van der Waals surface area contributed by atoms with Gasteiger partial charge >= 0.3 is 0 Å². The predicted molar refractivity (Wildman–Crippen MR) is 194 cm³/mol. The van der Waals surface area contributed by atoms with Crippen LogP contribution in [0.3, 0.4) is 0 Å². The predicted octanol–water partition coefficient (Wildman–Crippen LogP) is 12.8. The SMILES string of the molecule is C=C/C=C1\C(=C/C)CC/C(=C/C(=C)CCCCCCCCCCCC(=C)C2CCC(c3ccccc3)CC2)C1NC.CC. The molecule has 0 radical (unpaired) electrons. The van der Waals surface area contributed by atoms with Crippen molar-refractivity contribution in [2.45, 2.75) is 142 Å². The van der Waals surface area contributed by atoms with Gasteiger partial charge in [-0.25, -0.2) is 0 Å². The molecule has 0 spiro atoms. The third-order valence-corrected chi connectivity index (χ3v) is 9.63. The van der Waals surface area contributed by atoms with Gasteiger partial charge in [-0.05, 0) is 112 Å². The Hall–Kier alpha value is -2.38. The molecule has 1 unspecified atom stereocenters. The van der Waals surface area contributed by atoms with E-state index in [-0.39, 0.29) is 6.04 Å². The van der Waals surface area contributed by atoms with E-state index >= 15 is 0 Å². The second-order valence-corrected chi connectivity index (χ2v) is 12.6. The highest BCUT2D eigenvalue weighted by atomic mass is 14.9. The highest BCUT2D eigenvalue weighted by Crippen LogP contribution is 2.39. The Bertz CT molecular complexity index is 1030. The Morgan fingerprint density at radius 3 is 1.95 bits per heavy atom. The fourth-order valence-electron chi connectivity index (χ4n) is 7.13. The maximum atomic E-state index is 4.50. The Morgan fingerprint density at radius 2 is 1.40 bits per heavy atom. The molecule has 1 nitrogen and oxygen atoms in total. The van der Waals surface area contributed by atoms with Gasteiger partial charge < -0.3 is 5.32 Å². The van der Waals surface area contributed by atoms with Crippen molar-refractivity contribution in [1.29, 1.82) is 0 Å². The molecule has 0 amide bonds. The zero-order valence-corrected chi connectivity index (χ0v) is 28.6. The third-order valence-electron chi connectivity index (χ3n) is 9.63. The van der Waals surface area contributed by atoms with Crippen molar-refractivity contribution >= 4 is 0 Å². The lowest BCUT2D eigenvalue weighted by Gasteiger charge is -2.31. The van der Waals surface area contributed by atoms with Crippen molar-refractivity contribution in [2.75, 3.05) is 7.05 Å². The average Bonchev–Trinajstić information content (AvgIpc) is 3.05. The van der Waals surface area contributed by atoms with Gasteiger partial charge in [0.15, 0.2) is 0 Å². The van der Waals surface area contributed by atoms with Crippen LogP contribution in [0, 0.1) is 5.92 Å². The summed E-state index contributed by atoms with van der Waals surface area (Å²) < 4.78 is 0. The zero-order chi connectivity index (χ0) is 31.3. The van der Waals surface area contributed by atoms with Gasteiger partial charge in [0.05, 0.1) is 6.04 Å². The number of allylic oxidation sites excluding steroid dienone is 6. The molecule has 1 aromatic rings. The number of benzene rings is 1. The van der Waals surface area contributed by atoms with Crippen LogP contribution in [0.4, 0.5) is 0 Å². The van der Waals surface area contributed by atoms with E-state index in [1.54, 1.807) is 0 Å². The Morgan fingerprint density at radius 1 is 0.814 bits per heavy atom. The lowest BCUT2D eigenvalue weighted by atomic mass is 9.75. The smallest absolute Gasteiger partial charge is 0.0539 e. The molecule has 1 aromatic carbocycles. The Balaban J connectivity index is 0.00000316. The summed E-state index contributed by atoms with van der Waals surface area (Å²) in [5.41, 5.74) is 8.63. The average molecular weight is 584 g/mol. The molecule has 2 fully saturated rings. The lowest BCUT2D eigenvalue weighted by molar-refractivity contribution is 0.355. The highest BCUT2D eigenvalue weighted by Gasteiger charge is 2.25. The fourth-order valence-corrected chi connectivity index (χ4v) is 7.13. The van der Waals surface area contributed by atoms with Gasteiger partial charge in [-0.15, -0.1) is 0 Å². The fraction of sp³-hybridized carbons (Fsp3) is 0.571. The minimum Gasteiger partial charge on any atom is -0.310 e. The van der Waals surface area contributed by atoms with Crippen molar-refractivity contribution in [2.24, 2.45) is 5.92 Å². The van der Waals surface area contributed by atoms with E-state index in [2.05, 4.69) is 87.6 Å². The first-order valence-corrected chi connectivity index (χ1v) is 17.8. The van der Waals surface area contributed by atoms with Gasteiger partial charge in [-0.3, -0.25) is 0 Å². The van der Waals surface area contributed by atoms with E-state index in [0.717, 1.165) is 31.1 Å². The largest absolute Gasteiger partial charge is 0.310 e. The molecule has 0 bridgehead atoms. The molecule has 43 heavy (non-hydrogen) atoms. The first-order chi connectivity index (χ1) is 21.1. The first kappa shape index (κ1) is 36.8. The van der Waals surface area contributed by atoms with Crippen LogP contribution in [0.15, 0.2) is 102 Å². The summed E-state index contributed by atoms with van der Waals surface area (Å²) >= 11 is 0.